The minimum absolute atomic E-state index is 0.387. The minimum atomic E-state index is -1.02. The van der Waals surface area contributed by atoms with Crippen molar-refractivity contribution in [3.63, 3.8) is 0 Å². The van der Waals surface area contributed by atoms with Gasteiger partial charge in [0.1, 0.15) is 17.0 Å². The molecule has 18 heavy (non-hydrogen) atoms. The molecule has 1 aromatic heterocycles. The molecule has 0 saturated carbocycles. The lowest BCUT2D eigenvalue weighted by atomic mass is 10.1. The van der Waals surface area contributed by atoms with Crippen molar-refractivity contribution in [3.8, 4) is 0 Å². The monoisotopic (exact) mass is 289 g/mol. The predicted octanol–water partition coefficient (Wildman–Crippen LogP) is 1.86. The second-order valence-corrected chi connectivity index (χ2v) is 6.47. The molecule has 0 amide bonds. The van der Waals surface area contributed by atoms with Gasteiger partial charge in [0.15, 0.2) is 0 Å². The summed E-state index contributed by atoms with van der Waals surface area (Å²) in [5, 5.41) is 9.30. The van der Waals surface area contributed by atoms with E-state index in [0.717, 1.165) is 5.69 Å². The number of nitrogens with two attached hydrogens (primary N) is 1. The maximum absolute atomic E-state index is 10.9. The second-order valence-electron chi connectivity index (χ2n) is 4.46. The number of aryl methyl sites for hydroxylation is 1. The number of carboxylic acid groups (broad SMARTS) is 1. The van der Waals surface area contributed by atoms with Gasteiger partial charge in [0.2, 0.25) is 0 Å². The van der Waals surface area contributed by atoms with Crippen molar-refractivity contribution < 1.29 is 9.90 Å². The van der Waals surface area contributed by atoms with Gasteiger partial charge >= 0.3 is 5.97 Å². The van der Waals surface area contributed by atoms with Gasteiger partial charge in [-0.25, -0.2) is 9.97 Å². The van der Waals surface area contributed by atoms with Crippen LogP contribution in [0.2, 0.25) is 5.15 Å². The van der Waals surface area contributed by atoms with E-state index in [0.29, 0.717) is 16.7 Å². The van der Waals surface area contributed by atoms with Gasteiger partial charge in [-0.05, 0) is 26.8 Å². The maximum atomic E-state index is 10.9. The molecule has 1 aromatic rings. The van der Waals surface area contributed by atoms with Crippen LogP contribution in [0, 0.1) is 6.92 Å². The molecule has 100 valence electrons. The molecule has 0 fully saturated rings. The molecule has 0 aliphatic heterocycles. The lowest BCUT2D eigenvalue weighted by Gasteiger charge is -2.27. The van der Waals surface area contributed by atoms with Gasteiger partial charge in [-0.2, -0.15) is 0 Å². The first kappa shape index (κ1) is 15.2. The third-order valence-corrected chi connectivity index (χ3v) is 4.05. The number of rotatable bonds is 5. The topological polar surface area (TPSA) is 89.1 Å². The third-order valence-electron chi connectivity index (χ3n) is 2.46. The van der Waals surface area contributed by atoms with E-state index in [2.05, 4.69) is 9.97 Å². The Hall–Kier alpha value is -0.850. The van der Waals surface area contributed by atoms with Crippen LogP contribution in [0.1, 0.15) is 25.4 Å². The van der Waals surface area contributed by atoms with E-state index < -0.39 is 16.8 Å². The number of nitrogens with zero attached hydrogens (tertiary/aromatic N) is 2. The number of aliphatic carboxylic acids is 1. The molecular formula is C11H16ClN3O2S. The smallest absolute Gasteiger partial charge is 0.321 e. The largest absolute Gasteiger partial charge is 0.480 e. The maximum Gasteiger partial charge on any atom is 0.321 e. The highest BCUT2D eigenvalue weighted by Crippen LogP contribution is 2.30. The molecule has 5 nitrogen and oxygen atoms in total. The van der Waals surface area contributed by atoms with Crippen molar-refractivity contribution in [1.29, 1.82) is 0 Å². The lowest BCUT2D eigenvalue weighted by Crippen LogP contribution is -2.46. The standard InChI is InChI=1S/C11H16ClN3O2S/c1-6-4-7(12)15-8(14-6)5-18-11(2,3)9(13)10(16)17/h4,9H,5,13H2,1-3H3,(H,16,17)/t9-/m0/s1. The van der Waals surface area contributed by atoms with Gasteiger partial charge in [-0.1, -0.05) is 11.6 Å². The molecule has 0 aromatic carbocycles. The number of carboxylic acids is 1. The zero-order valence-electron chi connectivity index (χ0n) is 10.5. The van der Waals surface area contributed by atoms with Gasteiger partial charge in [-0.3, -0.25) is 4.79 Å². The first-order chi connectivity index (χ1) is 8.22. The summed E-state index contributed by atoms with van der Waals surface area (Å²) in [7, 11) is 0. The Morgan fingerprint density at radius 2 is 2.22 bits per heavy atom. The molecule has 0 aliphatic carbocycles. The Bertz CT molecular complexity index is 434. The highest BCUT2D eigenvalue weighted by molar-refractivity contribution is 7.99. The van der Waals surface area contributed by atoms with E-state index >= 15 is 0 Å². The van der Waals surface area contributed by atoms with Crippen molar-refractivity contribution in [2.45, 2.75) is 37.3 Å². The summed E-state index contributed by atoms with van der Waals surface area (Å²) in [5.74, 6) is 0.0291. The number of hydrogen-bond acceptors (Lipinski definition) is 5. The summed E-state index contributed by atoms with van der Waals surface area (Å²) in [6.45, 7) is 5.40. The summed E-state index contributed by atoms with van der Waals surface area (Å²) < 4.78 is -0.606. The van der Waals surface area contributed by atoms with Crippen LogP contribution in [0.3, 0.4) is 0 Å². The van der Waals surface area contributed by atoms with Crippen molar-refractivity contribution in [1.82, 2.24) is 9.97 Å². The van der Waals surface area contributed by atoms with Crippen LogP contribution in [0.5, 0.6) is 0 Å². The van der Waals surface area contributed by atoms with E-state index in [-0.39, 0.29) is 0 Å². The highest BCUT2D eigenvalue weighted by Gasteiger charge is 2.32. The number of aromatic nitrogens is 2. The Morgan fingerprint density at radius 1 is 1.61 bits per heavy atom. The predicted molar refractivity (Wildman–Crippen MR) is 72.8 cm³/mol. The summed E-state index contributed by atoms with van der Waals surface area (Å²) >= 11 is 7.23. The van der Waals surface area contributed by atoms with E-state index in [1.807, 2.05) is 6.92 Å². The highest BCUT2D eigenvalue weighted by atomic mass is 35.5. The van der Waals surface area contributed by atoms with Crippen LogP contribution in [0.15, 0.2) is 6.07 Å². The fraction of sp³-hybridized carbons (Fsp3) is 0.545. The van der Waals surface area contributed by atoms with Crippen LogP contribution < -0.4 is 5.73 Å². The quantitative estimate of drug-likeness (QED) is 0.804. The number of thioether (sulfide) groups is 1. The summed E-state index contributed by atoms with van der Waals surface area (Å²) in [6, 6.07) is 0.729. The summed E-state index contributed by atoms with van der Waals surface area (Å²) in [5.41, 5.74) is 6.41. The van der Waals surface area contributed by atoms with Crippen molar-refractivity contribution in [2.75, 3.05) is 0 Å². The normalized spacial score (nSPS) is 13.4. The Kier molecular flexibility index (Phi) is 4.95. The summed E-state index contributed by atoms with van der Waals surface area (Å²) in [4.78, 5) is 19.2. The molecule has 0 spiro atoms. The number of hydrogen-bond donors (Lipinski definition) is 2. The molecule has 1 heterocycles. The molecule has 0 bridgehead atoms. The molecule has 7 heteroatoms. The van der Waals surface area contributed by atoms with Crippen LogP contribution in [-0.4, -0.2) is 31.8 Å². The molecular weight excluding hydrogens is 274 g/mol. The van der Waals surface area contributed by atoms with Crippen molar-refractivity contribution in [2.24, 2.45) is 5.73 Å². The molecule has 0 radical (unpaired) electrons. The summed E-state index contributed by atoms with van der Waals surface area (Å²) in [6.07, 6.45) is 0. The fourth-order valence-electron chi connectivity index (χ4n) is 1.29. The first-order valence-corrected chi connectivity index (χ1v) is 6.71. The fourth-order valence-corrected chi connectivity index (χ4v) is 2.46. The number of carbonyl (C=O) groups is 1. The van der Waals surface area contributed by atoms with E-state index in [1.165, 1.54) is 11.8 Å². The minimum Gasteiger partial charge on any atom is -0.480 e. The van der Waals surface area contributed by atoms with Crippen LogP contribution in [-0.2, 0) is 10.5 Å². The second kappa shape index (κ2) is 5.86. The third kappa shape index (κ3) is 4.12. The van der Waals surface area contributed by atoms with Gasteiger partial charge in [0.05, 0.1) is 5.75 Å². The van der Waals surface area contributed by atoms with E-state index in [9.17, 15) is 4.79 Å². The zero-order valence-corrected chi connectivity index (χ0v) is 12.0. The van der Waals surface area contributed by atoms with Crippen LogP contribution in [0.25, 0.3) is 0 Å². The molecule has 1 rings (SSSR count). The Balaban J connectivity index is 2.72. The van der Waals surface area contributed by atoms with E-state index in [1.54, 1.807) is 19.9 Å². The van der Waals surface area contributed by atoms with Gasteiger partial charge in [0, 0.05) is 10.4 Å². The SMILES string of the molecule is Cc1cc(Cl)nc(CSC(C)(C)[C@@H](N)C(=O)O)n1. The molecule has 3 N–H and O–H groups in total. The average molecular weight is 290 g/mol. The molecule has 0 unspecified atom stereocenters. The van der Waals surface area contributed by atoms with Crippen molar-refractivity contribution >= 4 is 29.3 Å². The van der Waals surface area contributed by atoms with E-state index in [4.69, 9.17) is 22.4 Å². The molecule has 1 atom stereocenters. The zero-order chi connectivity index (χ0) is 13.9. The van der Waals surface area contributed by atoms with Gasteiger partial charge < -0.3 is 10.8 Å². The Morgan fingerprint density at radius 3 is 2.72 bits per heavy atom. The average Bonchev–Trinajstić information content (AvgIpc) is 2.24. The molecule has 0 saturated heterocycles. The van der Waals surface area contributed by atoms with Gasteiger partial charge in [-0.15, -0.1) is 11.8 Å². The molecule has 0 aliphatic rings. The van der Waals surface area contributed by atoms with Gasteiger partial charge in [0.25, 0.3) is 0 Å². The Labute approximate surface area is 115 Å². The van der Waals surface area contributed by atoms with Crippen molar-refractivity contribution in [3.05, 3.63) is 22.7 Å². The lowest BCUT2D eigenvalue weighted by molar-refractivity contribution is -0.139. The number of halogens is 1. The first-order valence-electron chi connectivity index (χ1n) is 5.35. The van der Waals surface area contributed by atoms with Crippen LogP contribution >= 0.6 is 23.4 Å². The van der Waals surface area contributed by atoms with Crippen LogP contribution in [0.4, 0.5) is 0 Å².